The number of benzene rings is 2. The highest BCUT2D eigenvalue weighted by Crippen LogP contribution is 2.36. The third-order valence-corrected chi connectivity index (χ3v) is 7.23. The molecule has 1 N–H and O–H groups in total. The van der Waals surface area contributed by atoms with Gasteiger partial charge in [-0.3, -0.25) is 14.3 Å². The van der Waals surface area contributed by atoms with Gasteiger partial charge >= 0.3 is 5.69 Å². The van der Waals surface area contributed by atoms with E-state index in [9.17, 15) is 9.59 Å². The Bertz CT molecular complexity index is 1150. The number of aromatic amines is 1. The second-order valence-corrected chi connectivity index (χ2v) is 9.67. The standard InChI is InChI=1S/C25H30N2O3S/c1-17(2)22-23(28)26-25(29)27(16-30-15-18-9-4-3-5-10-18)24(22)31-21-14-8-12-19-11-6-7-13-20(19)21/h6-8,11-14,17-18H,3-5,9-10,15-16H2,1-2H3,(H,26,28,29). The van der Waals surface area contributed by atoms with Crippen molar-refractivity contribution < 1.29 is 4.74 Å². The van der Waals surface area contributed by atoms with Gasteiger partial charge in [0.1, 0.15) is 6.73 Å². The predicted octanol–water partition coefficient (Wildman–Crippen LogP) is 5.52. The van der Waals surface area contributed by atoms with Crippen molar-refractivity contribution in [3.63, 3.8) is 0 Å². The van der Waals surface area contributed by atoms with E-state index in [4.69, 9.17) is 4.74 Å². The van der Waals surface area contributed by atoms with Crippen molar-refractivity contribution in [2.45, 2.75) is 68.5 Å². The van der Waals surface area contributed by atoms with Gasteiger partial charge in [0.25, 0.3) is 5.56 Å². The molecule has 0 aliphatic heterocycles. The van der Waals surface area contributed by atoms with Gasteiger partial charge in [-0.25, -0.2) is 4.79 Å². The van der Waals surface area contributed by atoms with Crippen LogP contribution in [0, 0.1) is 5.92 Å². The van der Waals surface area contributed by atoms with E-state index < -0.39 is 5.69 Å². The number of rotatable bonds is 7. The van der Waals surface area contributed by atoms with Gasteiger partial charge in [-0.05, 0) is 41.5 Å². The Hall–Kier alpha value is -2.31. The lowest BCUT2D eigenvalue weighted by Gasteiger charge is -2.22. The smallest absolute Gasteiger partial charge is 0.331 e. The van der Waals surface area contributed by atoms with Crippen LogP contribution in [0.15, 0.2) is 62.0 Å². The first kappa shape index (κ1) is 21.9. The van der Waals surface area contributed by atoms with E-state index in [1.54, 1.807) is 4.57 Å². The molecule has 6 heteroatoms. The van der Waals surface area contributed by atoms with Gasteiger partial charge in [-0.15, -0.1) is 0 Å². The maximum absolute atomic E-state index is 12.8. The first-order chi connectivity index (χ1) is 15.0. The number of aromatic nitrogens is 2. The Morgan fingerprint density at radius 3 is 2.58 bits per heavy atom. The first-order valence-electron chi connectivity index (χ1n) is 11.1. The number of nitrogens with zero attached hydrogens (tertiary/aromatic N) is 1. The molecule has 1 fully saturated rings. The minimum Gasteiger partial charge on any atom is -0.360 e. The zero-order chi connectivity index (χ0) is 21.8. The summed E-state index contributed by atoms with van der Waals surface area (Å²) in [4.78, 5) is 29.0. The Labute approximate surface area is 186 Å². The molecule has 0 saturated heterocycles. The van der Waals surface area contributed by atoms with Gasteiger partial charge in [-0.1, -0.05) is 81.3 Å². The summed E-state index contributed by atoms with van der Waals surface area (Å²) in [5, 5.41) is 2.90. The number of hydrogen-bond donors (Lipinski definition) is 1. The molecule has 0 spiro atoms. The molecule has 4 rings (SSSR count). The second kappa shape index (κ2) is 9.88. The van der Waals surface area contributed by atoms with Gasteiger partial charge in [-0.2, -0.15) is 0 Å². The fourth-order valence-electron chi connectivity index (χ4n) is 4.36. The number of hydrogen-bond acceptors (Lipinski definition) is 4. The molecule has 0 bridgehead atoms. The lowest BCUT2D eigenvalue weighted by Crippen LogP contribution is -2.35. The summed E-state index contributed by atoms with van der Waals surface area (Å²) in [6.07, 6.45) is 6.20. The molecule has 5 nitrogen and oxygen atoms in total. The minimum atomic E-state index is -0.416. The van der Waals surface area contributed by atoms with Crippen LogP contribution in [-0.4, -0.2) is 16.2 Å². The molecule has 0 amide bonds. The van der Waals surface area contributed by atoms with Crippen LogP contribution in [0.4, 0.5) is 0 Å². The summed E-state index contributed by atoms with van der Waals surface area (Å²) in [6.45, 7) is 4.77. The van der Waals surface area contributed by atoms with E-state index in [-0.39, 0.29) is 18.2 Å². The topological polar surface area (TPSA) is 64.1 Å². The largest absolute Gasteiger partial charge is 0.360 e. The van der Waals surface area contributed by atoms with Crippen molar-refractivity contribution in [3.05, 3.63) is 68.9 Å². The third kappa shape index (κ3) is 4.96. The normalized spacial score (nSPS) is 15.1. The predicted molar refractivity (Wildman–Crippen MR) is 126 cm³/mol. The van der Waals surface area contributed by atoms with Crippen molar-refractivity contribution in [3.8, 4) is 0 Å². The van der Waals surface area contributed by atoms with Crippen LogP contribution in [0.5, 0.6) is 0 Å². The quantitative estimate of drug-likeness (QED) is 0.494. The molecule has 31 heavy (non-hydrogen) atoms. The third-order valence-electron chi connectivity index (χ3n) is 6.02. The molecular formula is C25H30N2O3S. The second-order valence-electron chi connectivity index (χ2n) is 8.64. The fourth-order valence-corrected chi connectivity index (χ4v) is 5.69. The summed E-state index contributed by atoms with van der Waals surface area (Å²) < 4.78 is 7.60. The molecule has 0 unspecified atom stereocenters. The van der Waals surface area contributed by atoms with Crippen LogP contribution in [0.2, 0.25) is 0 Å². The van der Waals surface area contributed by atoms with Gasteiger partial charge in [0, 0.05) is 4.90 Å². The van der Waals surface area contributed by atoms with Crippen molar-refractivity contribution in [2.75, 3.05) is 6.61 Å². The van der Waals surface area contributed by atoms with Crippen LogP contribution in [0.1, 0.15) is 57.4 Å². The highest BCUT2D eigenvalue weighted by atomic mass is 32.2. The van der Waals surface area contributed by atoms with Gasteiger partial charge in [0.05, 0.1) is 17.2 Å². The Balaban J connectivity index is 1.70. The molecule has 3 aromatic rings. The highest BCUT2D eigenvalue weighted by Gasteiger charge is 2.20. The maximum atomic E-state index is 12.8. The highest BCUT2D eigenvalue weighted by molar-refractivity contribution is 7.99. The Kier molecular flexibility index (Phi) is 6.98. The molecule has 0 radical (unpaired) electrons. The summed E-state index contributed by atoms with van der Waals surface area (Å²) in [5.74, 6) is 0.539. The van der Waals surface area contributed by atoms with Crippen molar-refractivity contribution >= 4 is 22.5 Å². The molecule has 0 atom stereocenters. The summed E-state index contributed by atoms with van der Waals surface area (Å²) in [7, 11) is 0. The Morgan fingerprint density at radius 1 is 1.06 bits per heavy atom. The SMILES string of the molecule is CC(C)c1c(Sc2cccc3ccccc23)n(COCC2CCCCC2)c(=O)[nH]c1=O. The van der Waals surface area contributed by atoms with E-state index >= 15 is 0 Å². The molecule has 1 aromatic heterocycles. The summed E-state index contributed by atoms with van der Waals surface area (Å²) >= 11 is 1.48. The lowest BCUT2D eigenvalue weighted by molar-refractivity contribution is 0.0330. The van der Waals surface area contributed by atoms with Crippen LogP contribution in [-0.2, 0) is 11.5 Å². The van der Waals surface area contributed by atoms with Gasteiger partial charge in [0.2, 0.25) is 0 Å². The monoisotopic (exact) mass is 438 g/mol. The number of H-pyrrole nitrogens is 1. The Morgan fingerprint density at radius 2 is 1.81 bits per heavy atom. The van der Waals surface area contributed by atoms with E-state index in [1.165, 1.54) is 43.9 Å². The molecule has 1 aliphatic carbocycles. The average molecular weight is 439 g/mol. The molecule has 1 heterocycles. The van der Waals surface area contributed by atoms with Crippen molar-refractivity contribution in [1.29, 1.82) is 0 Å². The fraction of sp³-hybridized carbons (Fsp3) is 0.440. The van der Waals surface area contributed by atoms with Crippen LogP contribution >= 0.6 is 11.8 Å². The van der Waals surface area contributed by atoms with Gasteiger partial charge < -0.3 is 4.74 Å². The number of ether oxygens (including phenoxy) is 1. The maximum Gasteiger partial charge on any atom is 0.331 e. The summed E-state index contributed by atoms with van der Waals surface area (Å²) in [6, 6.07) is 14.3. The lowest BCUT2D eigenvalue weighted by atomic mass is 9.90. The molecular weight excluding hydrogens is 408 g/mol. The molecule has 1 aliphatic rings. The summed E-state index contributed by atoms with van der Waals surface area (Å²) in [5.41, 5.74) is -0.106. The molecule has 2 aromatic carbocycles. The van der Waals surface area contributed by atoms with E-state index in [2.05, 4.69) is 23.2 Å². The van der Waals surface area contributed by atoms with Crippen LogP contribution in [0.25, 0.3) is 10.8 Å². The van der Waals surface area contributed by atoms with Crippen LogP contribution in [0.3, 0.4) is 0 Å². The van der Waals surface area contributed by atoms with Crippen LogP contribution < -0.4 is 11.2 Å². The van der Waals surface area contributed by atoms with Crippen molar-refractivity contribution in [1.82, 2.24) is 9.55 Å². The minimum absolute atomic E-state index is 0.0218. The van der Waals surface area contributed by atoms with Crippen molar-refractivity contribution in [2.24, 2.45) is 5.92 Å². The molecule has 164 valence electrons. The zero-order valence-corrected chi connectivity index (χ0v) is 19.0. The average Bonchev–Trinajstić information content (AvgIpc) is 2.76. The van der Waals surface area contributed by atoms with E-state index in [0.717, 1.165) is 15.7 Å². The number of nitrogens with one attached hydrogen (secondary N) is 1. The first-order valence-corrected chi connectivity index (χ1v) is 12.0. The van der Waals surface area contributed by atoms with E-state index in [0.29, 0.717) is 23.1 Å². The number of fused-ring (bicyclic) bond motifs is 1. The molecule has 1 saturated carbocycles. The zero-order valence-electron chi connectivity index (χ0n) is 18.2. The van der Waals surface area contributed by atoms with E-state index in [1.807, 2.05) is 38.1 Å². The van der Waals surface area contributed by atoms with Gasteiger partial charge in [0.15, 0.2) is 0 Å².